The summed E-state index contributed by atoms with van der Waals surface area (Å²) in [6.45, 7) is 0.131. The van der Waals surface area contributed by atoms with Gasteiger partial charge in [0, 0.05) is 6.42 Å². The van der Waals surface area contributed by atoms with Gasteiger partial charge in [0.25, 0.3) is 0 Å². The van der Waals surface area contributed by atoms with Crippen LogP contribution in [0.3, 0.4) is 0 Å². The number of ether oxygens (including phenoxy) is 1. The van der Waals surface area contributed by atoms with Crippen LogP contribution in [0.15, 0.2) is 30.3 Å². The van der Waals surface area contributed by atoms with E-state index in [1.54, 1.807) is 0 Å². The zero-order chi connectivity index (χ0) is 17.8. The minimum Gasteiger partial charge on any atom is -0.461 e. The molecule has 0 unspecified atom stereocenters. The van der Waals surface area contributed by atoms with Crippen molar-refractivity contribution < 1.29 is 31.5 Å². The SMILES string of the molecule is O=C(OCc1ccccc1)[C@H]1CC[C@@H](CC(F)(F)C(F)(F)F)CC1. The summed E-state index contributed by atoms with van der Waals surface area (Å²) in [5, 5.41) is 0. The summed E-state index contributed by atoms with van der Waals surface area (Å²) in [5.41, 5.74) is 0.837. The quantitative estimate of drug-likeness (QED) is 0.544. The van der Waals surface area contributed by atoms with E-state index in [0.717, 1.165) is 5.56 Å². The minimum atomic E-state index is -5.52. The van der Waals surface area contributed by atoms with Crippen molar-refractivity contribution in [2.24, 2.45) is 11.8 Å². The van der Waals surface area contributed by atoms with Crippen molar-refractivity contribution in [2.75, 3.05) is 0 Å². The molecule has 2 nitrogen and oxygen atoms in total. The predicted octanol–water partition coefficient (Wildman–Crippen LogP) is 5.12. The summed E-state index contributed by atoms with van der Waals surface area (Å²) in [5.74, 6) is -6.23. The lowest BCUT2D eigenvalue weighted by molar-refractivity contribution is -0.288. The summed E-state index contributed by atoms with van der Waals surface area (Å²) < 4.78 is 68.0. The Hall–Kier alpha value is -1.66. The van der Waals surface area contributed by atoms with E-state index < -0.39 is 36.3 Å². The number of alkyl halides is 5. The minimum absolute atomic E-state index is 0.131. The zero-order valence-electron chi connectivity index (χ0n) is 13.0. The van der Waals surface area contributed by atoms with Gasteiger partial charge in [-0.3, -0.25) is 4.79 Å². The molecule has 0 radical (unpaired) electrons. The van der Waals surface area contributed by atoms with E-state index in [9.17, 15) is 26.7 Å². The van der Waals surface area contributed by atoms with Gasteiger partial charge in [-0.2, -0.15) is 22.0 Å². The summed E-state index contributed by atoms with van der Waals surface area (Å²) in [6.07, 6.45) is -5.80. The number of halogens is 5. The van der Waals surface area contributed by atoms with Gasteiger partial charge in [0.15, 0.2) is 0 Å². The smallest absolute Gasteiger partial charge is 0.453 e. The maximum Gasteiger partial charge on any atom is 0.453 e. The predicted molar refractivity (Wildman–Crippen MR) is 77.3 cm³/mol. The van der Waals surface area contributed by atoms with Crippen LogP contribution >= 0.6 is 0 Å². The first-order chi connectivity index (χ1) is 11.2. The van der Waals surface area contributed by atoms with Crippen LogP contribution in [0.2, 0.25) is 0 Å². The highest BCUT2D eigenvalue weighted by Crippen LogP contribution is 2.43. The van der Waals surface area contributed by atoms with Gasteiger partial charge in [-0.15, -0.1) is 0 Å². The Morgan fingerprint density at radius 3 is 2.12 bits per heavy atom. The summed E-state index contributed by atoms with van der Waals surface area (Å²) in [7, 11) is 0. The molecule has 24 heavy (non-hydrogen) atoms. The number of carbonyl (C=O) groups excluding carboxylic acids is 1. The Morgan fingerprint density at radius 2 is 1.58 bits per heavy atom. The van der Waals surface area contributed by atoms with Crippen molar-refractivity contribution >= 4 is 5.97 Å². The maximum absolute atomic E-state index is 13.1. The summed E-state index contributed by atoms with van der Waals surface area (Å²) in [4.78, 5) is 12.0. The second kappa shape index (κ2) is 7.49. The topological polar surface area (TPSA) is 26.3 Å². The Bertz CT molecular complexity index is 534. The third-order valence-electron chi connectivity index (χ3n) is 4.36. The lowest BCUT2D eigenvalue weighted by Crippen LogP contribution is -2.39. The first-order valence-corrected chi connectivity index (χ1v) is 7.84. The molecule has 0 spiro atoms. The first kappa shape index (κ1) is 18.7. The number of carbonyl (C=O) groups is 1. The van der Waals surface area contributed by atoms with Gasteiger partial charge >= 0.3 is 18.1 Å². The van der Waals surface area contributed by atoms with E-state index in [2.05, 4.69) is 0 Å². The molecule has 2 rings (SSSR count). The van der Waals surface area contributed by atoms with Crippen molar-refractivity contribution in [1.82, 2.24) is 0 Å². The molecular formula is C17H19F5O2. The van der Waals surface area contributed by atoms with Crippen molar-refractivity contribution in [2.45, 2.75) is 50.8 Å². The van der Waals surface area contributed by atoms with Crippen LogP contribution < -0.4 is 0 Å². The fourth-order valence-electron chi connectivity index (χ4n) is 2.93. The van der Waals surface area contributed by atoms with Crippen LogP contribution in [-0.2, 0) is 16.1 Å². The van der Waals surface area contributed by atoms with E-state index in [4.69, 9.17) is 4.74 Å². The third kappa shape index (κ3) is 4.92. The molecule has 0 atom stereocenters. The standard InChI is InChI=1S/C17H19F5O2/c18-16(19,17(20,21)22)10-12-6-8-14(9-7-12)15(23)24-11-13-4-2-1-3-5-13/h1-5,12,14H,6-11H2/t12-,14+. The Morgan fingerprint density at radius 1 is 1.00 bits per heavy atom. The molecule has 7 heteroatoms. The van der Waals surface area contributed by atoms with E-state index in [1.807, 2.05) is 30.3 Å². The first-order valence-electron chi connectivity index (χ1n) is 7.84. The number of benzene rings is 1. The average Bonchev–Trinajstić information content (AvgIpc) is 2.53. The molecule has 0 bridgehead atoms. The van der Waals surface area contributed by atoms with E-state index in [-0.39, 0.29) is 32.3 Å². The molecule has 1 aromatic rings. The van der Waals surface area contributed by atoms with Crippen LogP contribution in [0.5, 0.6) is 0 Å². The second-order valence-corrected chi connectivity index (χ2v) is 6.22. The average molecular weight is 350 g/mol. The van der Waals surface area contributed by atoms with Gasteiger partial charge in [-0.25, -0.2) is 0 Å². The molecule has 1 aliphatic rings. The highest BCUT2D eigenvalue weighted by atomic mass is 19.4. The highest BCUT2D eigenvalue weighted by Gasteiger charge is 2.57. The Kier molecular flexibility index (Phi) is 5.83. The Balaban J connectivity index is 1.77. The summed E-state index contributed by atoms with van der Waals surface area (Å²) in [6, 6.07) is 9.08. The number of rotatable bonds is 5. The molecule has 0 heterocycles. The van der Waals surface area contributed by atoms with Gasteiger partial charge in [-0.1, -0.05) is 30.3 Å². The molecule has 1 saturated carbocycles. The molecule has 0 amide bonds. The Labute approximate surface area is 137 Å². The van der Waals surface area contributed by atoms with E-state index >= 15 is 0 Å². The molecule has 0 N–H and O–H groups in total. The maximum atomic E-state index is 13.1. The lowest BCUT2D eigenvalue weighted by atomic mass is 9.79. The molecule has 1 aliphatic carbocycles. The van der Waals surface area contributed by atoms with Crippen LogP contribution in [0.4, 0.5) is 22.0 Å². The van der Waals surface area contributed by atoms with Gasteiger partial charge in [0.1, 0.15) is 6.61 Å². The molecule has 134 valence electrons. The monoisotopic (exact) mass is 350 g/mol. The second-order valence-electron chi connectivity index (χ2n) is 6.22. The zero-order valence-corrected chi connectivity index (χ0v) is 13.0. The highest BCUT2D eigenvalue weighted by molar-refractivity contribution is 5.72. The van der Waals surface area contributed by atoms with E-state index in [1.165, 1.54) is 0 Å². The number of esters is 1. The van der Waals surface area contributed by atoms with Crippen molar-refractivity contribution in [3.05, 3.63) is 35.9 Å². The van der Waals surface area contributed by atoms with Crippen LogP contribution in [0, 0.1) is 11.8 Å². The van der Waals surface area contributed by atoms with E-state index in [0.29, 0.717) is 0 Å². The fourth-order valence-corrected chi connectivity index (χ4v) is 2.93. The number of hydrogen-bond donors (Lipinski definition) is 0. The fraction of sp³-hybridized carbons (Fsp3) is 0.588. The van der Waals surface area contributed by atoms with Gasteiger partial charge in [0.05, 0.1) is 5.92 Å². The van der Waals surface area contributed by atoms with Gasteiger partial charge in [0.2, 0.25) is 0 Å². The number of hydrogen-bond acceptors (Lipinski definition) is 2. The van der Waals surface area contributed by atoms with Crippen LogP contribution in [-0.4, -0.2) is 18.1 Å². The van der Waals surface area contributed by atoms with Crippen molar-refractivity contribution in [3.63, 3.8) is 0 Å². The van der Waals surface area contributed by atoms with Crippen molar-refractivity contribution in [1.29, 1.82) is 0 Å². The molecule has 0 saturated heterocycles. The normalized spacial score (nSPS) is 22.2. The van der Waals surface area contributed by atoms with Crippen LogP contribution in [0.25, 0.3) is 0 Å². The largest absolute Gasteiger partial charge is 0.461 e. The molecular weight excluding hydrogens is 331 g/mol. The van der Waals surface area contributed by atoms with Crippen molar-refractivity contribution in [3.8, 4) is 0 Å². The summed E-state index contributed by atoms with van der Waals surface area (Å²) >= 11 is 0. The molecule has 0 aromatic heterocycles. The van der Waals surface area contributed by atoms with Gasteiger partial charge in [-0.05, 0) is 37.2 Å². The molecule has 0 aliphatic heterocycles. The lowest BCUT2D eigenvalue weighted by Gasteiger charge is -2.30. The third-order valence-corrected chi connectivity index (χ3v) is 4.36. The van der Waals surface area contributed by atoms with Gasteiger partial charge < -0.3 is 4.74 Å². The molecule has 1 aromatic carbocycles. The molecule has 1 fully saturated rings. The van der Waals surface area contributed by atoms with Crippen LogP contribution in [0.1, 0.15) is 37.7 Å².